The predicted octanol–water partition coefficient (Wildman–Crippen LogP) is 0.323. The van der Waals surface area contributed by atoms with Crippen molar-refractivity contribution in [1.29, 1.82) is 0 Å². The second-order valence-corrected chi connectivity index (χ2v) is 7.51. The lowest BCUT2D eigenvalue weighted by Gasteiger charge is -2.19. The lowest BCUT2D eigenvalue weighted by atomic mass is 10.1. The highest BCUT2D eigenvalue weighted by Gasteiger charge is 2.26. The van der Waals surface area contributed by atoms with E-state index in [-0.39, 0.29) is 0 Å². The van der Waals surface area contributed by atoms with Gasteiger partial charge in [0.25, 0.3) is 11.8 Å². The lowest BCUT2D eigenvalue weighted by Crippen LogP contribution is -2.34. The van der Waals surface area contributed by atoms with Gasteiger partial charge in [0.15, 0.2) is 23.0 Å². The Hall–Kier alpha value is -5.14. The van der Waals surface area contributed by atoms with Crippen molar-refractivity contribution in [3.8, 4) is 0 Å². The standard InChI is InChI=1S/C22H22N8O6/c23-19-17(21(35)27-13(7-15(31)32)11-3-1-5-25-9-11)29-20(24)18(30-19)22(36)28-14(8-16(33)34)12-4-2-6-26-10-12/h1-6,9-10,13-14H,7-8H2,(H2,24,29)(H2,23,30)(H,27,35)(H,28,36)(H,31,32)(H,33,34). The average Bonchev–Trinajstić information content (AvgIpc) is 2.84. The molecule has 0 aliphatic heterocycles. The number of hydrogen-bond donors (Lipinski definition) is 6. The average molecular weight is 494 g/mol. The first-order valence-electron chi connectivity index (χ1n) is 10.4. The molecule has 0 aliphatic carbocycles. The molecule has 36 heavy (non-hydrogen) atoms. The van der Waals surface area contributed by atoms with Crippen molar-refractivity contribution < 1.29 is 29.4 Å². The number of amides is 2. The van der Waals surface area contributed by atoms with Crippen LogP contribution in [0.4, 0.5) is 11.6 Å². The summed E-state index contributed by atoms with van der Waals surface area (Å²) in [5, 5.41) is 23.4. The Bertz CT molecular complexity index is 1170. The van der Waals surface area contributed by atoms with Crippen molar-refractivity contribution in [2.75, 3.05) is 11.5 Å². The summed E-state index contributed by atoms with van der Waals surface area (Å²) >= 11 is 0. The first-order valence-corrected chi connectivity index (χ1v) is 10.4. The molecule has 0 aromatic carbocycles. The Labute approximate surface area is 203 Å². The fraction of sp³-hybridized carbons (Fsp3) is 0.182. The molecule has 2 atom stereocenters. The molecule has 2 unspecified atom stereocenters. The van der Waals surface area contributed by atoms with E-state index in [9.17, 15) is 29.4 Å². The van der Waals surface area contributed by atoms with Crippen LogP contribution in [0.3, 0.4) is 0 Å². The van der Waals surface area contributed by atoms with Gasteiger partial charge in [0.2, 0.25) is 0 Å². The molecule has 3 aromatic heterocycles. The molecule has 3 aromatic rings. The van der Waals surface area contributed by atoms with E-state index in [4.69, 9.17) is 11.5 Å². The van der Waals surface area contributed by atoms with Crippen LogP contribution in [0.2, 0.25) is 0 Å². The van der Waals surface area contributed by atoms with E-state index in [2.05, 4.69) is 30.6 Å². The van der Waals surface area contributed by atoms with Crippen LogP contribution >= 0.6 is 0 Å². The van der Waals surface area contributed by atoms with Crippen molar-refractivity contribution in [2.45, 2.75) is 24.9 Å². The first kappa shape index (κ1) is 25.5. The van der Waals surface area contributed by atoms with E-state index in [1.165, 1.54) is 24.8 Å². The molecular formula is C22H22N8O6. The quantitative estimate of drug-likeness (QED) is 0.223. The summed E-state index contributed by atoms with van der Waals surface area (Å²) in [6.45, 7) is 0. The maximum absolute atomic E-state index is 12.8. The van der Waals surface area contributed by atoms with Gasteiger partial charge >= 0.3 is 11.9 Å². The molecular weight excluding hydrogens is 472 g/mol. The van der Waals surface area contributed by atoms with Gasteiger partial charge in [-0.15, -0.1) is 0 Å². The van der Waals surface area contributed by atoms with E-state index >= 15 is 0 Å². The normalized spacial score (nSPS) is 12.2. The molecule has 0 saturated heterocycles. The zero-order valence-electron chi connectivity index (χ0n) is 18.7. The number of carboxylic acids is 2. The van der Waals surface area contributed by atoms with E-state index in [0.717, 1.165) is 0 Å². The summed E-state index contributed by atoms with van der Waals surface area (Å²) < 4.78 is 0. The molecule has 3 rings (SSSR count). The fourth-order valence-corrected chi connectivity index (χ4v) is 3.27. The lowest BCUT2D eigenvalue weighted by molar-refractivity contribution is -0.138. The van der Waals surface area contributed by atoms with Gasteiger partial charge in [-0.2, -0.15) is 0 Å². The Morgan fingerprint density at radius 2 is 1.14 bits per heavy atom. The molecule has 0 saturated carbocycles. The second kappa shape index (κ2) is 11.3. The van der Waals surface area contributed by atoms with Crippen LogP contribution in [0.15, 0.2) is 49.1 Å². The third kappa shape index (κ3) is 6.47. The van der Waals surface area contributed by atoms with Gasteiger partial charge in [-0.05, 0) is 23.3 Å². The number of anilines is 2. The number of aliphatic carboxylic acids is 2. The minimum absolute atomic E-state index is 0.419. The Morgan fingerprint density at radius 1 is 0.750 bits per heavy atom. The number of aromatic nitrogens is 4. The highest BCUT2D eigenvalue weighted by Crippen LogP contribution is 2.20. The Balaban J connectivity index is 1.82. The second-order valence-electron chi connectivity index (χ2n) is 7.51. The minimum atomic E-state index is -1.17. The molecule has 0 spiro atoms. The number of nitrogens with two attached hydrogens (primary N) is 2. The van der Waals surface area contributed by atoms with Crippen molar-refractivity contribution in [3.05, 3.63) is 71.6 Å². The van der Waals surface area contributed by atoms with Crippen molar-refractivity contribution in [3.63, 3.8) is 0 Å². The fourth-order valence-electron chi connectivity index (χ4n) is 3.27. The van der Waals surface area contributed by atoms with Gasteiger partial charge in [0.05, 0.1) is 24.9 Å². The van der Waals surface area contributed by atoms with Gasteiger partial charge in [-0.1, -0.05) is 12.1 Å². The van der Waals surface area contributed by atoms with Crippen molar-refractivity contribution in [1.82, 2.24) is 30.6 Å². The van der Waals surface area contributed by atoms with Gasteiger partial charge in [0.1, 0.15) is 0 Å². The number of nitrogens with one attached hydrogen (secondary N) is 2. The molecule has 2 amide bonds. The van der Waals surface area contributed by atoms with Crippen LogP contribution in [-0.4, -0.2) is 53.9 Å². The smallest absolute Gasteiger partial charge is 0.305 e. The summed E-state index contributed by atoms with van der Waals surface area (Å²) in [4.78, 5) is 63.8. The molecule has 186 valence electrons. The predicted molar refractivity (Wildman–Crippen MR) is 124 cm³/mol. The maximum Gasteiger partial charge on any atom is 0.305 e. The summed E-state index contributed by atoms with van der Waals surface area (Å²) in [7, 11) is 0. The van der Waals surface area contributed by atoms with Crippen LogP contribution in [0.5, 0.6) is 0 Å². The van der Waals surface area contributed by atoms with Crippen LogP contribution in [0.1, 0.15) is 57.0 Å². The zero-order valence-corrected chi connectivity index (χ0v) is 18.7. The summed E-state index contributed by atoms with van der Waals surface area (Å²) in [6.07, 6.45) is 4.90. The molecule has 0 bridgehead atoms. The molecule has 0 fully saturated rings. The number of carboxylic acid groups (broad SMARTS) is 2. The highest BCUT2D eigenvalue weighted by atomic mass is 16.4. The zero-order chi connectivity index (χ0) is 26.2. The van der Waals surface area contributed by atoms with Crippen LogP contribution in [-0.2, 0) is 9.59 Å². The summed E-state index contributed by atoms with van der Waals surface area (Å²) in [6, 6.07) is 4.44. The number of carbonyl (C=O) groups is 4. The van der Waals surface area contributed by atoms with E-state index in [1.54, 1.807) is 24.3 Å². The SMILES string of the molecule is Nc1nc(C(=O)NC(CC(=O)O)c2cccnc2)c(N)nc1C(=O)NC(CC(=O)O)c1cccnc1. The summed E-state index contributed by atoms with van der Waals surface area (Å²) in [5.41, 5.74) is 11.8. The highest BCUT2D eigenvalue weighted by molar-refractivity contribution is 6.01. The number of nitrogen functional groups attached to an aromatic ring is 2. The molecule has 0 aliphatic rings. The largest absolute Gasteiger partial charge is 0.481 e. The number of hydrogen-bond acceptors (Lipinski definition) is 10. The third-order valence-electron chi connectivity index (χ3n) is 4.92. The minimum Gasteiger partial charge on any atom is -0.481 e. The monoisotopic (exact) mass is 494 g/mol. The summed E-state index contributed by atoms with van der Waals surface area (Å²) in [5.74, 6) is -4.95. The van der Waals surface area contributed by atoms with Gasteiger partial charge in [-0.3, -0.25) is 29.1 Å². The van der Waals surface area contributed by atoms with Gasteiger partial charge in [0, 0.05) is 24.8 Å². The van der Waals surface area contributed by atoms with Crippen molar-refractivity contribution in [2.24, 2.45) is 0 Å². The number of pyridine rings is 2. The van der Waals surface area contributed by atoms with E-state index in [1.807, 2.05) is 0 Å². The first-order chi connectivity index (χ1) is 17.2. The Kier molecular flexibility index (Phi) is 8.02. The van der Waals surface area contributed by atoms with E-state index in [0.29, 0.717) is 11.1 Å². The molecule has 14 nitrogen and oxygen atoms in total. The van der Waals surface area contributed by atoms with Crippen molar-refractivity contribution >= 4 is 35.4 Å². The van der Waals surface area contributed by atoms with Crippen LogP contribution in [0.25, 0.3) is 0 Å². The number of carbonyl (C=O) groups excluding carboxylic acids is 2. The topological polar surface area (TPSA) is 236 Å². The number of nitrogens with zero attached hydrogens (tertiary/aromatic N) is 4. The van der Waals surface area contributed by atoms with Crippen LogP contribution in [0, 0.1) is 0 Å². The molecule has 8 N–H and O–H groups in total. The third-order valence-corrected chi connectivity index (χ3v) is 4.92. The number of rotatable bonds is 10. The maximum atomic E-state index is 12.8. The molecule has 3 heterocycles. The van der Waals surface area contributed by atoms with E-state index < -0.39 is 71.7 Å². The molecule has 0 radical (unpaired) electrons. The van der Waals surface area contributed by atoms with Gasteiger partial charge < -0.3 is 32.3 Å². The van der Waals surface area contributed by atoms with Crippen LogP contribution < -0.4 is 22.1 Å². The Morgan fingerprint density at radius 3 is 1.44 bits per heavy atom. The molecule has 14 heteroatoms. The van der Waals surface area contributed by atoms with Gasteiger partial charge in [-0.25, -0.2) is 9.97 Å².